The van der Waals surface area contributed by atoms with Crippen LogP contribution in [0.25, 0.3) is 0 Å². The second-order valence-electron chi connectivity index (χ2n) is 4.08. The van der Waals surface area contributed by atoms with E-state index in [0.717, 1.165) is 5.56 Å². The minimum atomic E-state index is -4.33. The summed E-state index contributed by atoms with van der Waals surface area (Å²) in [6.07, 6.45) is -4.33. The standard InChI is InChI=1S/C12H15F3N2O2/c1-8(11(18)17-16)10-4-2-9(3-5-10)6-19-7-12(13,14)15/h2-5,8H,6-7,16H2,1H3,(H,17,18). The molecule has 0 heterocycles. The van der Waals surface area contributed by atoms with Gasteiger partial charge in [-0.1, -0.05) is 24.3 Å². The number of hydrogen-bond donors (Lipinski definition) is 2. The van der Waals surface area contributed by atoms with Crippen molar-refractivity contribution in [1.29, 1.82) is 0 Å². The molecular formula is C12H15F3N2O2. The van der Waals surface area contributed by atoms with Crippen LogP contribution < -0.4 is 11.3 Å². The van der Waals surface area contributed by atoms with Gasteiger partial charge in [0.25, 0.3) is 0 Å². The van der Waals surface area contributed by atoms with Crippen LogP contribution in [0.4, 0.5) is 13.2 Å². The molecule has 0 radical (unpaired) electrons. The molecule has 0 fully saturated rings. The number of carbonyl (C=O) groups is 1. The first-order valence-corrected chi connectivity index (χ1v) is 5.57. The number of halogens is 3. The number of nitrogens with one attached hydrogen (secondary N) is 1. The molecule has 19 heavy (non-hydrogen) atoms. The van der Waals surface area contributed by atoms with Crippen LogP contribution in [0.1, 0.15) is 24.0 Å². The van der Waals surface area contributed by atoms with Crippen LogP contribution in [-0.4, -0.2) is 18.7 Å². The van der Waals surface area contributed by atoms with Gasteiger partial charge in [0.05, 0.1) is 12.5 Å². The van der Waals surface area contributed by atoms with Crippen molar-refractivity contribution in [3.8, 4) is 0 Å². The maximum atomic E-state index is 11.9. The Morgan fingerprint density at radius 1 is 1.37 bits per heavy atom. The van der Waals surface area contributed by atoms with E-state index >= 15 is 0 Å². The molecule has 0 aliphatic rings. The van der Waals surface area contributed by atoms with Gasteiger partial charge in [0, 0.05) is 0 Å². The van der Waals surface area contributed by atoms with Gasteiger partial charge >= 0.3 is 6.18 Å². The van der Waals surface area contributed by atoms with Gasteiger partial charge < -0.3 is 4.74 Å². The SMILES string of the molecule is CC(C(=O)NN)c1ccc(COCC(F)(F)F)cc1. The van der Waals surface area contributed by atoms with E-state index in [0.29, 0.717) is 5.56 Å². The Hall–Kier alpha value is -1.60. The van der Waals surface area contributed by atoms with E-state index < -0.39 is 18.7 Å². The quantitative estimate of drug-likeness (QED) is 0.490. The van der Waals surface area contributed by atoms with E-state index in [1.807, 2.05) is 5.43 Å². The number of hydrazine groups is 1. The Balaban J connectivity index is 2.54. The van der Waals surface area contributed by atoms with Crippen molar-refractivity contribution >= 4 is 5.91 Å². The first-order valence-electron chi connectivity index (χ1n) is 5.57. The van der Waals surface area contributed by atoms with Crippen molar-refractivity contribution in [2.45, 2.75) is 25.6 Å². The van der Waals surface area contributed by atoms with Crippen LogP contribution >= 0.6 is 0 Å². The Morgan fingerprint density at radius 2 is 1.95 bits per heavy atom. The zero-order valence-corrected chi connectivity index (χ0v) is 10.3. The minimum Gasteiger partial charge on any atom is -0.367 e. The molecule has 4 nitrogen and oxygen atoms in total. The Labute approximate surface area is 108 Å². The first kappa shape index (κ1) is 15.5. The van der Waals surface area contributed by atoms with E-state index in [4.69, 9.17) is 5.84 Å². The lowest BCUT2D eigenvalue weighted by molar-refractivity contribution is -0.176. The lowest BCUT2D eigenvalue weighted by Crippen LogP contribution is -2.33. The van der Waals surface area contributed by atoms with Crippen molar-refractivity contribution in [1.82, 2.24) is 5.43 Å². The molecular weight excluding hydrogens is 261 g/mol. The highest BCUT2D eigenvalue weighted by molar-refractivity contribution is 5.82. The molecule has 0 spiro atoms. The van der Waals surface area contributed by atoms with Crippen molar-refractivity contribution in [2.75, 3.05) is 6.61 Å². The zero-order chi connectivity index (χ0) is 14.5. The summed E-state index contributed by atoms with van der Waals surface area (Å²) in [4.78, 5) is 11.3. The topological polar surface area (TPSA) is 64.4 Å². The second-order valence-corrected chi connectivity index (χ2v) is 4.08. The lowest BCUT2D eigenvalue weighted by atomic mass is 9.99. The van der Waals surface area contributed by atoms with Crippen LogP contribution in [0.2, 0.25) is 0 Å². The summed E-state index contributed by atoms with van der Waals surface area (Å²) in [6.45, 7) is 0.273. The van der Waals surface area contributed by atoms with E-state index in [-0.39, 0.29) is 12.5 Å². The third-order valence-corrected chi connectivity index (χ3v) is 2.55. The molecule has 0 saturated carbocycles. The molecule has 0 aromatic heterocycles. The van der Waals surface area contributed by atoms with E-state index in [2.05, 4.69) is 4.74 Å². The van der Waals surface area contributed by atoms with Crippen LogP contribution in [0.5, 0.6) is 0 Å². The van der Waals surface area contributed by atoms with Gasteiger partial charge in [-0.15, -0.1) is 0 Å². The van der Waals surface area contributed by atoms with Gasteiger partial charge in [-0.25, -0.2) is 5.84 Å². The zero-order valence-electron chi connectivity index (χ0n) is 10.3. The Morgan fingerprint density at radius 3 is 2.42 bits per heavy atom. The number of ether oxygens (including phenoxy) is 1. The number of nitrogens with two attached hydrogens (primary N) is 1. The molecule has 7 heteroatoms. The largest absolute Gasteiger partial charge is 0.411 e. The third-order valence-electron chi connectivity index (χ3n) is 2.55. The normalized spacial score (nSPS) is 13.1. The minimum absolute atomic E-state index is 0.128. The predicted molar refractivity (Wildman–Crippen MR) is 62.9 cm³/mol. The molecule has 1 amide bonds. The highest BCUT2D eigenvalue weighted by Gasteiger charge is 2.27. The molecule has 0 aliphatic carbocycles. The maximum Gasteiger partial charge on any atom is 0.411 e. The summed E-state index contributed by atoms with van der Waals surface area (Å²) in [5.74, 6) is 4.27. The van der Waals surface area contributed by atoms with Crippen molar-refractivity contribution in [2.24, 2.45) is 5.84 Å². The van der Waals surface area contributed by atoms with Crippen LogP contribution in [0, 0.1) is 0 Å². The van der Waals surface area contributed by atoms with Crippen LogP contribution in [0.15, 0.2) is 24.3 Å². The van der Waals surface area contributed by atoms with Gasteiger partial charge in [0.15, 0.2) is 0 Å². The van der Waals surface area contributed by atoms with Gasteiger partial charge in [-0.05, 0) is 18.1 Å². The Kier molecular flexibility index (Phi) is 5.31. The number of carbonyl (C=O) groups excluding carboxylic acids is 1. The monoisotopic (exact) mass is 276 g/mol. The fourth-order valence-corrected chi connectivity index (χ4v) is 1.46. The van der Waals surface area contributed by atoms with Gasteiger partial charge in [-0.3, -0.25) is 10.2 Å². The number of amides is 1. The van der Waals surface area contributed by atoms with E-state index in [9.17, 15) is 18.0 Å². The number of rotatable bonds is 5. The van der Waals surface area contributed by atoms with Crippen molar-refractivity contribution in [3.05, 3.63) is 35.4 Å². The van der Waals surface area contributed by atoms with E-state index in [1.54, 1.807) is 31.2 Å². The van der Waals surface area contributed by atoms with Crippen LogP contribution in [0.3, 0.4) is 0 Å². The molecule has 1 unspecified atom stereocenters. The third kappa shape index (κ3) is 5.27. The lowest BCUT2D eigenvalue weighted by Gasteiger charge is -2.11. The first-order chi connectivity index (χ1) is 8.83. The fraction of sp³-hybridized carbons (Fsp3) is 0.417. The number of benzene rings is 1. The number of hydrogen-bond acceptors (Lipinski definition) is 3. The molecule has 0 bridgehead atoms. The van der Waals surface area contributed by atoms with Crippen LogP contribution in [-0.2, 0) is 16.1 Å². The molecule has 0 aliphatic heterocycles. The van der Waals surface area contributed by atoms with Gasteiger partial charge in [0.2, 0.25) is 5.91 Å². The van der Waals surface area contributed by atoms with Crippen molar-refractivity contribution < 1.29 is 22.7 Å². The average Bonchev–Trinajstić information content (AvgIpc) is 2.36. The second kappa shape index (κ2) is 6.53. The Bertz CT molecular complexity index is 418. The maximum absolute atomic E-state index is 11.9. The summed E-state index contributed by atoms with van der Waals surface area (Å²) >= 11 is 0. The summed E-state index contributed by atoms with van der Waals surface area (Å²) in [5, 5.41) is 0. The van der Waals surface area contributed by atoms with Gasteiger partial charge in [-0.2, -0.15) is 13.2 Å². The molecule has 1 atom stereocenters. The molecule has 0 saturated heterocycles. The highest BCUT2D eigenvalue weighted by Crippen LogP contribution is 2.18. The van der Waals surface area contributed by atoms with E-state index in [1.165, 1.54) is 0 Å². The molecule has 3 N–H and O–H groups in total. The summed E-state index contributed by atoms with van der Waals surface area (Å²) in [7, 11) is 0. The fourth-order valence-electron chi connectivity index (χ4n) is 1.46. The molecule has 1 rings (SSSR count). The van der Waals surface area contributed by atoms with Crippen molar-refractivity contribution in [3.63, 3.8) is 0 Å². The average molecular weight is 276 g/mol. The number of alkyl halides is 3. The summed E-state index contributed by atoms with van der Waals surface area (Å²) in [5.41, 5.74) is 3.37. The predicted octanol–water partition coefficient (Wildman–Crippen LogP) is 1.86. The molecule has 1 aromatic carbocycles. The molecule has 1 aromatic rings. The smallest absolute Gasteiger partial charge is 0.367 e. The molecule has 106 valence electrons. The summed E-state index contributed by atoms with van der Waals surface area (Å²) in [6, 6.07) is 6.55. The van der Waals surface area contributed by atoms with Gasteiger partial charge in [0.1, 0.15) is 6.61 Å². The summed E-state index contributed by atoms with van der Waals surface area (Å²) < 4.78 is 40.2. The highest BCUT2D eigenvalue weighted by atomic mass is 19.4.